The van der Waals surface area contributed by atoms with E-state index in [1.807, 2.05) is 0 Å². The molecule has 0 radical (unpaired) electrons. The quantitative estimate of drug-likeness (QED) is 0.899. The first kappa shape index (κ1) is 12.5. The highest BCUT2D eigenvalue weighted by atomic mass is 35.5. The Balaban J connectivity index is 2.33. The summed E-state index contributed by atoms with van der Waals surface area (Å²) in [5, 5.41) is 5.52. The lowest BCUT2D eigenvalue weighted by Gasteiger charge is -2.08. The van der Waals surface area contributed by atoms with Crippen LogP contribution < -0.4 is 10.6 Å². The van der Waals surface area contributed by atoms with Crippen molar-refractivity contribution in [3.8, 4) is 0 Å². The number of hydrogen-bond donors (Lipinski definition) is 2. The van der Waals surface area contributed by atoms with Crippen LogP contribution in [0.2, 0.25) is 5.02 Å². The minimum Gasteiger partial charge on any atom is -0.357 e. The molecule has 4 nitrogen and oxygen atoms in total. The van der Waals surface area contributed by atoms with E-state index >= 15 is 0 Å². The van der Waals surface area contributed by atoms with E-state index in [0.717, 1.165) is 12.3 Å². The summed E-state index contributed by atoms with van der Waals surface area (Å²) in [6.45, 7) is 0. The molecule has 0 spiro atoms. The van der Waals surface area contributed by atoms with Crippen molar-refractivity contribution in [2.45, 2.75) is 0 Å². The first-order valence-corrected chi connectivity index (χ1v) is 5.39. The molecule has 0 aliphatic heterocycles. The third-order valence-corrected chi connectivity index (χ3v) is 2.31. The summed E-state index contributed by atoms with van der Waals surface area (Å²) >= 11 is 5.70. The highest BCUT2D eigenvalue weighted by Crippen LogP contribution is 2.22. The average Bonchev–Trinajstić information content (AvgIpc) is 2.30. The maximum atomic E-state index is 13.5. The molecule has 0 atom stereocenters. The fraction of sp³-hybridized carbons (Fsp3) is 0.0909. The van der Waals surface area contributed by atoms with Crippen molar-refractivity contribution in [3.63, 3.8) is 0 Å². The fourth-order valence-corrected chi connectivity index (χ4v) is 1.56. The molecular weight excluding hydrogens is 262 g/mol. The van der Waals surface area contributed by atoms with Crippen LogP contribution in [0, 0.1) is 11.6 Å². The van der Waals surface area contributed by atoms with Gasteiger partial charge in [0.2, 0.25) is 5.95 Å². The van der Waals surface area contributed by atoms with E-state index < -0.39 is 11.6 Å². The van der Waals surface area contributed by atoms with Gasteiger partial charge in [0.15, 0.2) is 11.6 Å². The number of nitrogens with zero attached hydrogens (tertiary/aromatic N) is 2. The molecule has 0 aliphatic rings. The molecule has 1 heterocycles. The molecule has 0 saturated heterocycles. The van der Waals surface area contributed by atoms with Crippen molar-refractivity contribution >= 4 is 29.1 Å². The maximum absolute atomic E-state index is 13.5. The smallest absolute Gasteiger partial charge is 0.224 e. The Morgan fingerprint density at radius 1 is 1.22 bits per heavy atom. The summed E-state index contributed by atoms with van der Waals surface area (Å²) in [5.74, 6) is -0.972. The van der Waals surface area contributed by atoms with Gasteiger partial charge >= 0.3 is 0 Å². The number of rotatable bonds is 3. The molecule has 0 aliphatic carbocycles. The van der Waals surface area contributed by atoms with Crippen LogP contribution in [-0.2, 0) is 0 Å². The molecule has 2 rings (SSSR count). The van der Waals surface area contributed by atoms with E-state index in [1.54, 1.807) is 7.05 Å². The molecule has 0 bridgehead atoms. The largest absolute Gasteiger partial charge is 0.357 e. The van der Waals surface area contributed by atoms with E-state index in [2.05, 4.69) is 20.6 Å². The Morgan fingerprint density at radius 2 is 2.00 bits per heavy atom. The zero-order valence-corrected chi connectivity index (χ0v) is 10.1. The molecule has 18 heavy (non-hydrogen) atoms. The van der Waals surface area contributed by atoms with Gasteiger partial charge in [0.25, 0.3) is 0 Å². The third kappa shape index (κ3) is 2.84. The minimum atomic E-state index is -0.644. The van der Waals surface area contributed by atoms with Gasteiger partial charge < -0.3 is 10.6 Å². The second-order valence-corrected chi connectivity index (χ2v) is 3.86. The molecular formula is C11H9ClF2N4. The lowest BCUT2D eigenvalue weighted by molar-refractivity contribution is 0.618. The first-order chi connectivity index (χ1) is 8.58. The Hall–Kier alpha value is -1.95. The standard InChI is InChI=1S/C11H9ClF2N4/c1-15-11-16-5-9(14)10(18-11)17-8-3-6(12)2-7(13)4-8/h2-5H,1H3,(H2,15,16,17,18). The van der Waals surface area contributed by atoms with Crippen molar-refractivity contribution in [1.82, 2.24) is 9.97 Å². The summed E-state index contributed by atoms with van der Waals surface area (Å²) in [4.78, 5) is 7.57. The molecule has 7 heteroatoms. The predicted molar refractivity (Wildman–Crippen MR) is 66.2 cm³/mol. The van der Waals surface area contributed by atoms with E-state index in [1.165, 1.54) is 12.1 Å². The summed E-state index contributed by atoms with van der Waals surface area (Å²) in [7, 11) is 1.61. The molecule has 1 aromatic carbocycles. The Bertz CT molecular complexity index is 557. The number of benzene rings is 1. The highest BCUT2D eigenvalue weighted by Gasteiger charge is 2.07. The lowest BCUT2D eigenvalue weighted by Crippen LogP contribution is -2.03. The topological polar surface area (TPSA) is 49.8 Å². The minimum absolute atomic E-state index is 0.0592. The van der Waals surface area contributed by atoms with Crippen LogP contribution >= 0.6 is 11.6 Å². The number of nitrogens with one attached hydrogen (secondary N) is 2. The van der Waals surface area contributed by atoms with Crippen LogP contribution in [0.4, 0.5) is 26.2 Å². The van der Waals surface area contributed by atoms with Crippen LogP contribution in [0.15, 0.2) is 24.4 Å². The molecule has 2 N–H and O–H groups in total. The summed E-state index contributed by atoms with van der Waals surface area (Å²) < 4.78 is 26.6. The van der Waals surface area contributed by atoms with E-state index in [4.69, 9.17) is 11.6 Å². The zero-order valence-electron chi connectivity index (χ0n) is 9.34. The number of hydrogen-bond acceptors (Lipinski definition) is 4. The van der Waals surface area contributed by atoms with Crippen LogP contribution in [0.25, 0.3) is 0 Å². The average molecular weight is 271 g/mol. The number of halogens is 3. The Labute approximate surface area is 107 Å². The van der Waals surface area contributed by atoms with Crippen molar-refractivity contribution in [2.24, 2.45) is 0 Å². The molecule has 94 valence electrons. The lowest BCUT2D eigenvalue weighted by atomic mass is 10.3. The van der Waals surface area contributed by atoms with Gasteiger partial charge in [-0.25, -0.2) is 13.8 Å². The van der Waals surface area contributed by atoms with Gasteiger partial charge in [-0.15, -0.1) is 0 Å². The van der Waals surface area contributed by atoms with E-state index in [9.17, 15) is 8.78 Å². The van der Waals surface area contributed by atoms with E-state index in [-0.39, 0.29) is 16.8 Å². The van der Waals surface area contributed by atoms with Gasteiger partial charge in [-0.2, -0.15) is 4.98 Å². The highest BCUT2D eigenvalue weighted by molar-refractivity contribution is 6.30. The summed E-state index contributed by atoms with van der Waals surface area (Å²) in [6, 6.07) is 3.81. The van der Waals surface area contributed by atoms with Gasteiger partial charge in [0, 0.05) is 17.8 Å². The second kappa shape index (κ2) is 5.14. The van der Waals surface area contributed by atoms with Gasteiger partial charge in [-0.05, 0) is 18.2 Å². The van der Waals surface area contributed by atoms with Crippen LogP contribution in [-0.4, -0.2) is 17.0 Å². The van der Waals surface area contributed by atoms with Gasteiger partial charge in [0.1, 0.15) is 5.82 Å². The molecule has 2 aromatic rings. The first-order valence-electron chi connectivity index (χ1n) is 5.02. The second-order valence-electron chi connectivity index (χ2n) is 3.42. The van der Waals surface area contributed by atoms with Gasteiger partial charge in [-0.3, -0.25) is 0 Å². The normalized spacial score (nSPS) is 10.2. The van der Waals surface area contributed by atoms with Gasteiger partial charge in [0.05, 0.1) is 6.20 Å². The monoisotopic (exact) mass is 270 g/mol. The maximum Gasteiger partial charge on any atom is 0.224 e. The Kier molecular flexibility index (Phi) is 3.57. The van der Waals surface area contributed by atoms with Crippen LogP contribution in [0.3, 0.4) is 0 Å². The van der Waals surface area contributed by atoms with Crippen molar-refractivity contribution in [2.75, 3.05) is 17.7 Å². The SMILES string of the molecule is CNc1ncc(F)c(Nc2cc(F)cc(Cl)c2)n1. The van der Waals surface area contributed by atoms with E-state index in [0.29, 0.717) is 5.69 Å². The van der Waals surface area contributed by atoms with Gasteiger partial charge in [-0.1, -0.05) is 11.6 Å². The fourth-order valence-electron chi connectivity index (χ4n) is 1.34. The van der Waals surface area contributed by atoms with Crippen molar-refractivity contribution in [3.05, 3.63) is 41.1 Å². The van der Waals surface area contributed by atoms with Crippen molar-refractivity contribution < 1.29 is 8.78 Å². The molecule has 0 unspecified atom stereocenters. The molecule has 0 saturated carbocycles. The Morgan fingerprint density at radius 3 is 2.67 bits per heavy atom. The number of anilines is 3. The van der Waals surface area contributed by atoms with Crippen LogP contribution in [0.5, 0.6) is 0 Å². The van der Waals surface area contributed by atoms with Crippen molar-refractivity contribution in [1.29, 1.82) is 0 Å². The van der Waals surface area contributed by atoms with Crippen LogP contribution in [0.1, 0.15) is 0 Å². The zero-order chi connectivity index (χ0) is 13.1. The summed E-state index contributed by atoms with van der Waals surface area (Å²) in [6.07, 6.45) is 1.02. The third-order valence-electron chi connectivity index (χ3n) is 2.09. The molecule has 0 fully saturated rings. The molecule has 1 aromatic heterocycles. The predicted octanol–water partition coefficient (Wildman–Crippen LogP) is 3.19. The number of aromatic nitrogens is 2. The summed E-state index contributed by atoms with van der Waals surface area (Å²) in [5.41, 5.74) is 0.305. The molecule has 0 amide bonds.